The maximum absolute atomic E-state index is 4.55. The van der Waals surface area contributed by atoms with Gasteiger partial charge in [0.05, 0.1) is 8.43 Å². The monoisotopic (exact) mass is 116 g/mol. The van der Waals surface area contributed by atoms with E-state index in [4.69, 9.17) is 0 Å². The van der Waals surface area contributed by atoms with Crippen molar-refractivity contribution in [3.63, 3.8) is 0 Å². The Bertz CT molecular complexity index is 97.7. The van der Waals surface area contributed by atoms with E-state index in [-0.39, 0.29) is 0 Å². The molecule has 1 rings (SSSR count). The zero-order valence-electron chi connectivity index (χ0n) is 3.63. The first kappa shape index (κ1) is 4.54. The van der Waals surface area contributed by atoms with Crippen LogP contribution in [0.15, 0.2) is 33.1 Å². The van der Waals surface area contributed by atoms with Crippen LogP contribution in [0.25, 0.3) is 0 Å². The van der Waals surface area contributed by atoms with E-state index in [1.807, 2.05) is 11.9 Å². The fourth-order valence-corrected chi connectivity index (χ4v) is 0.612. The summed E-state index contributed by atoms with van der Waals surface area (Å²) >= 11 is 0. The Kier molecular flexibility index (Phi) is 1.64. The normalized spacial score (nSPS) is 9.14. The maximum Gasteiger partial charge on any atom is 0.143 e. The van der Waals surface area contributed by atoms with E-state index in [1.165, 1.54) is 6.26 Å². The predicted octanol–water partition coefficient (Wildman–Crippen LogP) is 2.03. The van der Waals surface area contributed by atoms with Crippen molar-refractivity contribution in [1.29, 1.82) is 0 Å². The summed E-state index contributed by atoms with van der Waals surface area (Å²) in [4.78, 5) is 0. The van der Waals surface area contributed by atoms with E-state index in [0.717, 1.165) is 0 Å². The van der Waals surface area contributed by atoms with Crippen LogP contribution in [0.2, 0.25) is 0 Å². The van der Waals surface area contributed by atoms with Crippen LogP contribution in [0, 0.1) is 0 Å². The van der Waals surface area contributed by atoms with E-state index in [9.17, 15) is 0 Å². The second kappa shape index (κ2) is 2.54. The summed E-state index contributed by atoms with van der Waals surface area (Å²) < 4.78 is 9.01. The molecule has 0 bridgehead atoms. The van der Waals surface area contributed by atoms with Crippen LogP contribution in [-0.2, 0) is 0 Å². The molecule has 0 spiro atoms. The van der Waals surface area contributed by atoms with Crippen molar-refractivity contribution in [2.45, 2.75) is 0 Å². The van der Waals surface area contributed by atoms with E-state index in [0.29, 0.717) is 8.43 Å². The van der Waals surface area contributed by atoms with Gasteiger partial charge < -0.3 is 0 Å². The van der Waals surface area contributed by atoms with Crippen molar-refractivity contribution in [3.05, 3.63) is 24.2 Å². The van der Waals surface area contributed by atoms with Gasteiger partial charge in [-0.05, 0) is 11.9 Å². The first-order chi connectivity index (χ1) is 3.50. The van der Waals surface area contributed by atoms with Gasteiger partial charge >= 0.3 is 0 Å². The second-order valence-electron chi connectivity index (χ2n) is 0.985. The Morgan fingerprint density at radius 2 is 2.29 bits per heavy atom. The SMILES string of the molecule is c1cc[pH]ooc1. The van der Waals surface area contributed by atoms with E-state index in [1.54, 1.807) is 6.07 Å². The van der Waals surface area contributed by atoms with Gasteiger partial charge in [-0.15, -0.1) is 0 Å². The van der Waals surface area contributed by atoms with Gasteiger partial charge in [-0.3, -0.25) is 8.93 Å². The Morgan fingerprint density at radius 1 is 1.29 bits per heavy atom. The highest BCUT2D eigenvalue weighted by atomic mass is 31.1. The fraction of sp³-hybridized carbons (Fsp3) is 0. The minimum atomic E-state index is 0.329. The molecule has 0 saturated carbocycles. The molecule has 1 heterocycles. The first-order valence-electron chi connectivity index (χ1n) is 1.90. The lowest BCUT2D eigenvalue weighted by atomic mass is 10.7. The van der Waals surface area contributed by atoms with Crippen molar-refractivity contribution in [2.75, 3.05) is 0 Å². The van der Waals surface area contributed by atoms with Crippen molar-refractivity contribution in [1.82, 2.24) is 0 Å². The van der Waals surface area contributed by atoms with E-state index in [2.05, 4.69) is 8.93 Å². The fourth-order valence-electron chi connectivity index (χ4n) is 0.256. The van der Waals surface area contributed by atoms with Gasteiger partial charge in [0.2, 0.25) is 0 Å². The van der Waals surface area contributed by atoms with Gasteiger partial charge in [-0.25, -0.2) is 0 Å². The first-order valence-corrected chi connectivity index (χ1v) is 2.88. The summed E-state index contributed by atoms with van der Waals surface area (Å²) in [5.41, 5.74) is 0. The third kappa shape index (κ3) is 1.51. The van der Waals surface area contributed by atoms with Gasteiger partial charge in [0.15, 0.2) is 0 Å². The van der Waals surface area contributed by atoms with Gasteiger partial charge in [0.25, 0.3) is 0 Å². The van der Waals surface area contributed by atoms with Crippen LogP contribution >= 0.6 is 8.43 Å². The molecule has 0 saturated heterocycles. The molecule has 1 aromatic rings. The average Bonchev–Trinajstić information content (AvgIpc) is 1.90. The zero-order valence-corrected chi connectivity index (χ0v) is 4.63. The molecule has 1 aromatic heterocycles. The molecule has 0 aromatic carbocycles. The van der Waals surface area contributed by atoms with Crippen LogP contribution in [-0.4, -0.2) is 0 Å². The second-order valence-corrected chi connectivity index (χ2v) is 1.72. The Hall–Kier alpha value is -0.620. The lowest BCUT2D eigenvalue weighted by Gasteiger charge is -1.62. The third-order valence-corrected chi connectivity index (χ3v) is 1.03. The van der Waals surface area contributed by atoms with E-state index >= 15 is 0 Å². The van der Waals surface area contributed by atoms with Crippen LogP contribution < -0.4 is 0 Å². The highest BCUT2D eigenvalue weighted by Gasteiger charge is 1.59. The van der Waals surface area contributed by atoms with Gasteiger partial charge in [-0.1, -0.05) is 6.07 Å². The lowest BCUT2D eigenvalue weighted by Crippen LogP contribution is -1.31. The molecule has 38 valence electrons. The topological polar surface area (TPSA) is 26.3 Å². The molecule has 0 aliphatic carbocycles. The van der Waals surface area contributed by atoms with Crippen molar-refractivity contribution in [3.8, 4) is 0 Å². The minimum Gasteiger partial charge on any atom is -0.296 e. The summed E-state index contributed by atoms with van der Waals surface area (Å²) in [6.45, 7) is 0. The van der Waals surface area contributed by atoms with Crippen molar-refractivity contribution < 1.29 is 8.93 Å². The quantitative estimate of drug-likeness (QED) is 0.484. The number of hydrogen-bond acceptors (Lipinski definition) is 2. The van der Waals surface area contributed by atoms with Crippen LogP contribution in [0.5, 0.6) is 0 Å². The molecule has 3 heteroatoms. The van der Waals surface area contributed by atoms with Crippen molar-refractivity contribution in [2.24, 2.45) is 0 Å². The summed E-state index contributed by atoms with van der Waals surface area (Å²) in [5, 5.41) is 0. The average molecular weight is 116 g/mol. The predicted molar refractivity (Wildman–Crippen MR) is 28.1 cm³/mol. The standard InChI is InChI=1S/C4H5O2P/c1-2-4-7-6-5-3-1/h1-4,7H. The largest absolute Gasteiger partial charge is 0.296 e. The molecule has 1 atom stereocenters. The van der Waals surface area contributed by atoms with Crippen LogP contribution in [0.1, 0.15) is 0 Å². The molecule has 0 N–H and O–H groups in total. The molecular formula is C4H5O2P. The molecule has 7 heavy (non-hydrogen) atoms. The smallest absolute Gasteiger partial charge is 0.143 e. The Balaban J connectivity index is 3.06. The minimum absolute atomic E-state index is 0.329. The van der Waals surface area contributed by atoms with Gasteiger partial charge in [-0.2, -0.15) is 0 Å². The summed E-state index contributed by atoms with van der Waals surface area (Å²) in [6, 6.07) is 3.66. The third-order valence-electron chi connectivity index (χ3n) is 0.506. The zero-order chi connectivity index (χ0) is 4.95. The highest BCUT2D eigenvalue weighted by Crippen LogP contribution is 1.96. The van der Waals surface area contributed by atoms with Gasteiger partial charge in [0, 0.05) is 0 Å². The molecule has 0 aliphatic heterocycles. The summed E-state index contributed by atoms with van der Waals surface area (Å²) in [5.74, 6) is 1.89. The van der Waals surface area contributed by atoms with Crippen LogP contribution in [0.4, 0.5) is 0 Å². The van der Waals surface area contributed by atoms with Gasteiger partial charge in [0.1, 0.15) is 6.26 Å². The Labute approximate surface area is 42.6 Å². The molecule has 1 unspecified atom stereocenters. The molecule has 2 nitrogen and oxygen atoms in total. The number of hydrogen-bond donors (Lipinski definition) is 0. The number of rotatable bonds is 0. The molecular weight excluding hydrogens is 111 g/mol. The van der Waals surface area contributed by atoms with Crippen molar-refractivity contribution >= 4 is 8.43 Å². The summed E-state index contributed by atoms with van der Waals surface area (Å²) in [6.07, 6.45) is 1.50. The molecule has 0 amide bonds. The summed E-state index contributed by atoms with van der Waals surface area (Å²) in [7, 11) is 0.329. The molecule has 0 fully saturated rings. The Morgan fingerprint density at radius 3 is 3.29 bits per heavy atom. The molecule has 0 aliphatic rings. The maximum atomic E-state index is 4.55. The highest BCUT2D eigenvalue weighted by molar-refractivity contribution is 7.21. The van der Waals surface area contributed by atoms with Crippen LogP contribution in [0.3, 0.4) is 0 Å². The molecule has 0 radical (unpaired) electrons. The lowest BCUT2D eigenvalue weighted by molar-refractivity contribution is 0.102. The van der Waals surface area contributed by atoms with E-state index < -0.39 is 0 Å².